The van der Waals surface area contributed by atoms with E-state index in [0.717, 1.165) is 29.7 Å². The number of rotatable bonds is 7. The van der Waals surface area contributed by atoms with E-state index in [-0.39, 0.29) is 28.7 Å². The number of ether oxygens (including phenoxy) is 1. The van der Waals surface area contributed by atoms with Gasteiger partial charge in [-0.1, -0.05) is 32.0 Å². The molecule has 1 aliphatic heterocycles. The summed E-state index contributed by atoms with van der Waals surface area (Å²) in [6, 6.07) is 12.5. The van der Waals surface area contributed by atoms with Gasteiger partial charge in [-0.25, -0.2) is 13.1 Å². The molecule has 2 aromatic carbocycles. The Labute approximate surface area is 178 Å². The van der Waals surface area contributed by atoms with Gasteiger partial charge >= 0.3 is 0 Å². The zero-order valence-corrected chi connectivity index (χ0v) is 18.5. The second-order valence-electron chi connectivity index (χ2n) is 8.63. The van der Waals surface area contributed by atoms with Gasteiger partial charge in [0.15, 0.2) is 0 Å². The second kappa shape index (κ2) is 7.71. The molecule has 1 fully saturated rings. The molecule has 0 bridgehead atoms. The van der Waals surface area contributed by atoms with E-state index in [2.05, 4.69) is 4.72 Å². The van der Waals surface area contributed by atoms with Crippen LogP contribution in [-0.4, -0.2) is 27.5 Å². The summed E-state index contributed by atoms with van der Waals surface area (Å²) in [5, 5.41) is 0. The first kappa shape index (κ1) is 20.9. The summed E-state index contributed by atoms with van der Waals surface area (Å²) in [6.45, 7) is 7.23. The summed E-state index contributed by atoms with van der Waals surface area (Å²) in [4.78, 5) is 14.7. The molecule has 30 heavy (non-hydrogen) atoms. The van der Waals surface area contributed by atoms with Gasteiger partial charge in [0.05, 0.1) is 11.5 Å². The molecule has 2 aliphatic rings. The van der Waals surface area contributed by atoms with E-state index in [1.807, 2.05) is 49.9 Å². The topological polar surface area (TPSA) is 75.7 Å². The molecule has 1 heterocycles. The molecule has 1 amide bonds. The smallest absolute Gasteiger partial charge is 0.240 e. The van der Waals surface area contributed by atoms with Crippen LogP contribution in [0.15, 0.2) is 47.4 Å². The minimum Gasteiger partial charge on any atom is -0.494 e. The van der Waals surface area contributed by atoms with E-state index in [1.54, 1.807) is 18.2 Å². The number of anilines is 1. The first-order valence-corrected chi connectivity index (χ1v) is 11.9. The summed E-state index contributed by atoms with van der Waals surface area (Å²) in [6.07, 6.45) is 1.90. The van der Waals surface area contributed by atoms with Crippen LogP contribution in [0.3, 0.4) is 0 Å². The van der Waals surface area contributed by atoms with Crippen LogP contribution in [0, 0.1) is 5.92 Å². The fraction of sp³-hybridized carbons (Fsp3) is 0.435. The summed E-state index contributed by atoms with van der Waals surface area (Å²) in [7, 11) is -3.71. The van der Waals surface area contributed by atoms with Gasteiger partial charge in [0.1, 0.15) is 5.75 Å². The van der Waals surface area contributed by atoms with Crippen molar-refractivity contribution < 1.29 is 17.9 Å². The number of fused-ring (bicyclic) bond motifs is 1. The van der Waals surface area contributed by atoms with Crippen LogP contribution in [0.5, 0.6) is 5.75 Å². The fourth-order valence-corrected chi connectivity index (χ4v) is 5.01. The highest BCUT2D eigenvalue weighted by Crippen LogP contribution is 2.44. The summed E-state index contributed by atoms with van der Waals surface area (Å²) < 4.78 is 34.2. The molecular formula is C23H28N2O4S. The maximum Gasteiger partial charge on any atom is 0.240 e. The largest absolute Gasteiger partial charge is 0.494 e. The Morgan fingerprint density at radius 3 is 2.63 bits per heavy atom. The third-order valence-electron chi connectivity index (χ3n) is 5.77. The quantitative estimate of drug-likeness (QED) is 0.731. The molecule has 1 saturated carbocycles. The first-order chi connectivity index (χ1) is 14.2. The molecule has 1 N–H and O–H groups in total. The Bertz CT molecular complexity index is 1070. The maximum atomic E-state index is 13.0. The molecule has 0 saturated heterocycles. The van der Waals surface area contributed by atoms with Crippen molar-refractivity contribution in [2.45, 2.75) is 50.5 Å². The molecule has 0 aromatic heterocycles. The van der Waals surface area contributed by atoms with Gasteiger partial charge in [-0.2, -0.15) is 0 Å². The minimum absolute atomic E-state index is 0.127. The predicted octanol–water partition coefficient (Wildman–Crippen LogP) is 3.60. The predicted molar refractivity (Wildman–Crippen MR) is 116 cm³/mol. The number of nitrogens with one attached hydrogen (secondary N) is 1. The standard InChI is InChI=1S/C23H28N2O4S/c1-4-29-21-8-6-5-7-17(21)14-24-30(27,28)18-11-12-20-19(13-18)23(2,3)15-25(20)22(26)16-9-10-16/h5-8,11-13,16,24H,4,9-10,14-15H2,1-3H3. The first-order valence-electron chi connectivity index (χ1n) is 10.4. The number of hydrogen-bond donors (Lipinski definition) is 1. The van der Waals surface area contributed by atoms with Crippen LogP contribution >= 0.6 is 0 Å². The Morgan fingerprint density at radius 1 is 1.20 bits per heavy atom. The zero-order valence-electron chi connectivity index (χ0n) is 17.6. The SMILES string of the molecule is CCOc1ccccc1CNS(=O)(=O)c1ccc2c(c1)C(C)(C)CN2C(=O)C1CC1. The van der Waals surface area contributed by atoms with Crippen LogP contribution in [-0.2, 0) is 26.8 Å². The lowest BCUT2D eigenvalue weighted by Crippen LogP contribution is -2.34. The molecule has 0 atom stereocenters. The number of hydrogen-bond acceptors (Lipinski definition) is 4. The van der Waals surface area contributed by atoms with E-state index in [1.165, 1.54) is 0 Å². The van der Waals surface area contributed by atoms with Crippen molar-refractivity contribution in [1.82, 2.24) is 4.72 Å². The van der Waals surface area contributed by atoms with E-state index in [0.29, 0.717) is 18.9 Å². The van der Waals surface area contributed by atoms with Crippen LogP contribution in [0.2, 0.25) is 0 Å². The molecule has 6 nitrogen and oxygen atoms in total. The highest BCUT2D eigenvalue weighted by molar-refractivity contribution is 7.89. The molecule has 0 unspecified atom stereocenters. The molecule has 1 aliphatic carbocycles. The van der Waals surface area contributed by atoms with Gasteiger partial charge in [-0.3, -0.25) is 4.79 Å². The number of carbonyl (C=O) groups excluding carboxylic acids is 1. The van der Waals surface area contributed by atoms with Crippen LogP contribution < -0.4 is 14.4 Å². The van der Waals surface area contributed by atoms with Crippen molar-refractivity contribution in [3.05, 3.63) is 53.6 Å². The van der Waals surface area contributed by atoms with Crippen LogP contribution in [0.1, 0.15) is 44.7 Å². The molecule has 4 rings (SSSR count). The number of nitrogens with zero attached hydrogens (tertiary/aromatic N) is 1. The number of sulfonamides is 1. The number of amides is 1. The minimum atomic E-state index is -3.71. The van der Waals surface area contributed by atoms with Crippen molar-refractivity contribution in [3.63, 3.8) is 0 Å². The average Bonchev–Trinajstić information content (AvgIpc) is 3.52. The normalized spacial score (nSPS) is 17.6. The molecule has 0 spiro atoms. The zero-order chi connectivity index (χ0) is 21.5. The van der Waals surface area contributed by atoms with Gasteiger partial charge in [-0.15, -0.1) is 0 Å². The molecule has 0 radical (unpaired) electrons. The second-order valence-corrected chi connectivity index (χ2v) is 10.4. The van der Waals surface area contributed by atoms with Gasteiger partial charge in [-0.05, 0) is 49.6 Å². The van der Waals surface area contributed by atoms with Crippen molar-refractivity contribution in [2.75, 3.05) is 18.1 Å². The number of carbonyl (C=O) groups is 1. The summed E-state index contributed by atoms with van der Waals surface area (Å²) in [5.41, 5.74) is 2.21. The highest BCUT2D eigenvalue weighted by Gasteiger charge is 2.43. The Hall–Kier alpha value is -2.38. The lowest BCUT2D eigenvalue weighted by atomic mass is 9.87. The van der Waals surface area contributed by atoms with Crippen molar-refractivity contribution in [1.29, 1.82) is 0 Å². The Morgan fingerprint density at radius 2 is 1.93 bits per heavy atom. The van der Waals surface area contributed by atoms with E-state index in [9.17, 15) is 13.2 Å². The molecule has 160 valence electrons. The lowest BCUT2D eigenvalue weighted by Gasteiger charge is -2.20. The van der Waals surface area contributed by atoms with Crippen LogP contribution in [0.4, 0.5) is 5.69 Å². The third kappa shape index (κ3) is 3.96. The lowest BCUT2D eigenvalue weighted by molar-refractivity contribution is -0.119. The van der Waals surface area contributed by atoms with Crippen molar-refractivity contribution in [2.24, 2.45) is 5.92 Å². The van der Waals surface area contributed by atoms with Gasteiger partial charge < -0.3 is 9.64 Å². The van der Waals surface area contributed by atoms with Crippen molar-refractivity contribution >= 4 is 21.6 Å². The van der Waals surface area contributed by atoms with Gasteiger partial charge in [0.25, 0.3) is 0 Å². The third-order valence-corrected chi connectivity index (χ3v) is 7.17. The van der Waals surface area contributed by atoms with Gasteiger partial charge in [0.2, 0.25) is 15.9 Å². The van der Waals surface area contributed by atoms with E-state index >= 15 is 0 Å². The Balaban J connectivity index is 1.58. The molecule has 2 aromatic rings. The molecular weight excluding hydrogens is 400 g/mol. The average molecular weight is 429 g/mol. The number of benzene rings is 2. The maximum absolute atomic E-state index is 13.0. The van der Waals surface area contributed by atoms with Crippen molar-refractivity contribution in [3.8, 4) is 5.75 Å². The Kier molecular flexibility index (Phi) is 5.36. The van der Waals surface area contributed by atoms with E-state index < -0.39 is 10.0 Å². The van der Waals surface area contributed by atoms with Crippen LogP contribution in [0.25, 0.3) is 0 Å². The van der Waals surface area contributed by atoms with Gasteiger partial charge in [0, 0.05) is 35.7 Å². The molecule has 7 heteroatoms. The fourth-order valence-electron chi connectivity index (χ4n) is 3.97. The monoisotopic (exact) mass is 428 g/mol. The van der Waals surface area contributed by atoms with E-state index in [4.69, 9.17) is 4.74 Å². The highest BCUT2D eigenvalue weighted by atomic mass is 32.2. The summed E-state index contributed by atoms with van der Waals surface area (Å²) in [5.74, 6) is 0.956. The number of para-hydroxylation sites is 1. The summed E-state index contributed by atoms with van der Waals surface area (Å²) >= 11 is 0.